The number of carbonyl (C=O) groups is 1. The Bertz CT molecular complexity index is 201. The van der Waals surface area contributed by atoms with E-state index in [-0.39, 0.29) is 12.2 Å². The molecule has 1 heterocycles. The van der Waals surface area contributed by atoms with Crippen LogP contribution in [0, 0.1) is 0 Å². The zero-order chi connectivity index (χ0) is 11.1. The molecule has 0 aromatic carbocycles. The summed E-state index contributed by atoms with van der Waals surface area (Å²) in [7, 11) is 1.62. The van der Waals surface area contributed by atoms with E-state index in [0.717, 1.165) is 0 Å². The van der Waals surface area contributed by atoms with Gasteiger partial charge in [0.05, 0.1) is 26.4 Å². The van der Waals surface area contributed by atoms with E-state index in [1.807, 2.05) is 0 Å². The van der Waals surface area contributed by atoms with Gasteiger partial charge in [-0.3, -0.25) is 0 Å². The molecule has 0 spiro atoms. The van der Waals surface area contributed by atoms with E-state index in [9.17, 15) is 4.79 Å². The lowest BCUT2D eigenvalue weighted by Crippen LogP contribution is -2.30. The number of cyclic esters (lactones) is 1. The smallest absolute Gasteiger partial charge is 0.410 e. The van der Waals surface area contributed by atoms with Gasteiger partial charge in [-0.05, 0) is 0 Å². The molecular weight excluding hydrogens is 200 g/mol. The normalized spacial score (nSPS) is 20.8. The topological polar surface area (TPSA) is 74.0 Å². The molecule has 1 rings (SSSR count). The molecule has 1 atom stereocenters. The summed E-state index contributed by atoms with van der Waals surface area (Å²) >= 11 is 0. The van der Waals surface area contributed by atoms with Crippen molar-refractivity contribution in [3.05, 3.63) is 0 Å². The van der Waals surface area contributed by atoms with Gasteiger partial charge in [-0.25, -0.2) is 4.79 Å². The Kier molecular flexibility index (Phi) is 5.38. The summed E-state index contributed by atoms with van der Waals surface area (Å²) in [5.41, 5.74) is 5.40. The van der Waals surface area contributed by atoms with E-state index in [4.69, 9.17) is 19.9 Å². The fourth-order valence-electron chi connectivity index (χ4n) is 1.30. The summed E-state index contributed by atoms with van der Waals surface area (Å²) in [5.74, 6) is 0. The second-order valence-electron chi connectivity index (χ2n) is 3.29. The van der Waals surface area contributed by atoms with Gasteiger partial charge in [0.15, 0.2) is 0 Å². The van der Waals surface area contributed by atoms with Gasteiger partial charge in [0.25, 0.3) is 0 Å². The van der Waals surface area contributed by atoms with E-state index >= 15 is 0 Å². The average Bonchev–Trinajstić information content (AvgIpc) is 2.59. The number of carbonyl (C=O) groups excluding carboxylic acids is 1. The van der Waals surface area contributed by atoms with Gasteiger partial charge in [0.2, 0.25) is 0 Å². The lowest BCUT2D eigenvalue weighted by Gasteiger charge is -2.12. The van der Waals surface area contributed by atoms with Crippen LogP contribution in [0.15, 0.2) is 0 Å². The Balaban J connectivity index is 2.08. The summed E-state index contributed by atoms with van der Waals surface area (Å²) in [5, 5.41) is 0. The monoisotopic (exact) mass is 218 g/mol. The van der Waals surface area contributed by atoms with Gasteiger partial charge in [-0.1, -0.05) is 0 Å². The molecule has 0 aliphatic carbocycles. The molecule has 2 N–H and O–H groups in total. The molecule has 1 saturated heterocycles. The van der Waals surface area contributed by atoms with E-state index in [2.05, 4.69) is 0 Å². The lowest BCUT2D eigenvalue weighted by atomic mass is 10.3. The van der Waals surface area contributed by atoms with Crippen molar-refractivity contribution in [2.75, 3.05) is 46.6 Å². The number of hydrogen-bond acceptors (Lipinski definition) is 5. The molecule has 88 valence electrons. The summed E-state index contributed by atoms with van der Waals surface area (Å²) < 4.78 is 15.1. The van der Waals surface area contributed by atoms with E-state index in [1.165, 1.54) is 0 Å². The highest BCUT2D eigenvalue weighted by atomic mass is 16.6. The predicted molar refractivity (Wildman–Crippen MR) is 53.6 cm³/mol. The molecule has 0 aromatic rings. The Morgan fingerprint density at radius 1 is 1.53 bits per heavy atom. The van der Waals surface area contributed by atoms with Crippen molar-refractivity contribution in [2.24, 2.45) is 5.73 Å². The number of nitrogens with two attached hydrogens (primary N) is 1. The van der Waals surface area contributed by atoms with Crippen LogP contribution < -0.4 is 5.73 Å². The van der Waals surface area contributed by atoms with Crippen LogP contribution in [0.4, 0.5) is 4.79 Å². The van der Waals surface area contributed by atoms with Crippen LogP contribution in [0.3, 0.4) is 0 Å². The first-order valence-electron chi connectivity index (χ1n) is 5.00. The third-order valence-corrected chi connectivity index (χ3v) is 2.15. The van der Waals surface area contributed by atoms with E-state index < -0.39 is 0 Å². The minimum absolute atomic E-state index is 0.170. The summed E-state index contributed by atoms with van der Waals surface area (Å²) in [6.07, 6.45) is -0.475. The maximum absolute atomic E-state index is 11.2. The summed E-state index contributed by atoms with van der Waals surface area (Å²) in [4.78, 5) is 12.8. The molecule has 15 heavy (non-hydrogen) atoms. The number of methoxy groups -OCH3 is 1. The standard InChI is InChI=1S/C9H18N2O4/c1-13-4-5-14-3-2-11-7-8(6-10)15-9(11)12/h8H,2-7,10H2,1H3. The molecule has 6 heteroatoms. The van der Waals surface area contributed by atoms with Crippen LogP contribution >= 0.6 is 0 Å². The highest BCUT2D eigenvalue weighted by Gasteiger charge is 2.29. The Labute approximate surface area is 89.3 Å². The van der Waals surface area contributed by atoms with Gasteiger partial charge in [0.1, 0.15) is 6.10 Å². The van der Waals surface area contributed by atoms with Crippen LogP contribution in [0.25, 0.3) is 0 Å². The molecule has 6 nitrogen and oxygen atoms in total. The fourth-order valence-corrected chi connectivity index (χ4v) is 1.30. The Morgan fingerprint density at radius 3 is 2.93 bits per heavy atom. The predicted octanol–water partition coefficient (Wildman–Crippen LogP) is -0.571. The Hall–Kier alpha value is -0.850. The molecule has 0 radical (unpaired) electrons. The van der Waals surface area contributed by atoms with Crippen molar-refractivity contribution in [3.8, 4) is 0 Å². The SMILES string of the molecule is COCCOCCN1CC(CN)OC1=O. The zero-order valence-electron chi connectivity index (χ0n) is 8.98. The molecular formula is C9H18N2O4. The fraction of sp³-hybridized carbons (Fsp3) is 0.889. The Morgan fingerprint density at radius 2 is 2.33 bits per heavy atom. The molecule has 0 bridgehead atoms. The largest absolute Gasteiger partial charge is 0.443 e. The van der Waals surface area contributed by atoms with E-state index in [0.29, 0.717) is 39.5 Å². The summed E-state index contributed by atoms with van der Waals surface area (Å²) in [6, 6.07) is 0. The van der Waals surface area contributed by atoms with Gasteiger partial charge in [0, 0.05) is 20.2 Å². The van der Waals surface area contributed by atoms with E-state index in [1.54, 1.807) is 12.0 Å². The number of ether oxygens (including phenoxy) is 3. The second kappa shape index (κ2) is 6.60. The maximum atomic E-state index is 11.2. The minimum Gasteiger partial charge on any atom is -0.443 e. The first kappa shape index (κ1) is 12.2. The second-order valence-corrected chi connectivity index (χ2v) is 3.29. The van der Waals surface area contributed by atoms with Crippen molar-refractivity contribution < 1.29 is 19.0 Å². The number of rotatable bonds is 7. The van der Waals surface area contributed by atoms with Crippen molar-refractivity contribution >= 4 is 6.09 Å². The van der Waals surface area contributed by atoms with Crippen LogP contribution in [0.1, 0.15) is 0 Å². The lowest BCUT2D eigenvalue weighted by molar-refractivity contribution is 0.0621. The first-order chi connectivity index (χ1) is 7.27. The van der Waals surface area contributed by atoms with Crippen LogP contribution in [-0.4, -0.2) is 63.7 Å². The molecule has 1 aliphatic heterocycles. The van der Waals surface area contributed by atoms with Crippen molar-refractivity contribution in [1.29, 1.82) is 0 Å². The number of hydrogen-bond donors (Lipinski definition) is 1. The quantitative estimate of drug-likeness (QED) is 0.579. The molecule has 1 amide bonds. The van der Waals surface area contributed by atoms with Gasteiger partial charge >= 0.3 is 6.09 Å². The van der Waals surface area contributed by atoms with Crippen LogP contribution in [0.5, 0.6) is 0 Å². The third-order valence-electron chi connectivity index (χ3n) is 2.15. The van der Waals surface area contributed by atoms with Gasteiger partial charge in [-0.15, -0.1) is 0 Å². The van der Waals surface area contributed by atoms with Crippen molar-refractivity contribution in [3.63, 3.8) is 0 Å². The molecule has 1 fully saturated rings. The van der Waals surface area contributed by atoms with Crippen LogP contribution in [-0.2, 0) is 14.2 Å². The molecule has 0 aromatic heterocycles. The summed E-state index contributed by atoms with van der Waals surface area (Å²) in [6.45, 7) is 3.07. The van der Waals surface area contributed by atoms with Crippen molar-refractivity contribution in [1.82, 2.24) is 4.90 Å². The zero-order valence-corrected chi connectivity index (χ0v) is 8.98. The number of nitrogens with zero attached hydrogens (tertiary/aromatic N) is 1. The molecule has 1 aliphatic rings. The maximum Gasteiger partial charge on any atom is 0.410 e. The third kappa shape index (κ3) is 4.03. The van der Waals surface area contributed by atoms with Crippen molar-refractivity contribution in [2.45, 2.75) is 6.10 Å². The highest BCUT2D eigenvalue weighted by molar-refractivity contribution is 5.69. The number of amides is 1. The van der Waals surface area contributed by atoms with Crippen LogP contribution in [0.2, 0.25) is 0 Å². The molecule has 1 unspecified atom stereocenters. The van der Waals surface area contributed by atoms with Gasteiger partial charge in [-0.2, -0.15) is 0 Å². The first-order valence-corrected chi connectivity index (χ1v) is 5.00. The average molecular weight is 218 g/mol. The molecule has 0 saturated carbocycles. The van der Waals surface area contributed by atoms with Gasteiger partial charge < -0.3 is 24.8 Å². The highest BCUT2D eigenvalue weighted by Crippen LogP contribution is 2.09. The minimum atomic E-state index is -0.305.